The summed E-state index contributed by atoms with van der Waals surface area (Å²) in [6.45, 7) is 6.10. The molecule has 0 radical (unpaired) electrons. The summed E-state index contributed by atoms with van der Waals surface area (Å²) in [6, 6.07) is 12.9. The number of hydrogen-bond acceptors (Lipinski definition) is 4. The average molecular weight is 414 g/mol. The normalized spacial score (nSPS) is 19.0. The van der Waals surface area contributed by atoms with Crippen molar-refractivity contribution in [2.75, 3.05) is 34.5 Å². The third-order valence-electron chi connectivity index (χ3n) is 5.85. The number of carbonyl (C=O) groups excluding carboxylic acids is 1. The molecule has 1 unspecified atom stereocenters. The molecule has 3 atom stereocenters. The molecule has 0 aromatic heterocycles. The van der Waals surface area contributed by atoms with E-state index in [0.29, 0.717) is 5.75 Å². The molecule has 0 aliphatic carbocycles. The second-order valence-electron chi connectivity index (χ2n) is 7.99. The highest BCUT2D eigenvalue weighted by atomic mass is 16.5. The summed E-state index contributed by atoms with van der Waals surface area (Å²) in [7, 11) is 4.85. The Labute approximate surface area is 179 Å². The Kier molecular flexibility index (Phi) is 7.34. The van der Waals surface area contributed by atoms with Crippen molar-refractivity contribution in [3.8, 4) is 11.5 Å². The molecule has 0 saturated heterocycles. The van der Waals surface area contributed by atoms with Gasteiger partial charge in [-0.2, -0.15) is 0 Å². The van der Waals surface area contributed by atoms with E-state index in [9.17, 15) is 4.79 Å². The van der Waals surface area contributed by atoms with E-state index in [-0.39, 0.29) is 24.6 Å². The summed E-state index contributed by atoms with van der Waals surface area (Å²) in [5.41, 5.74) is 5.00. The van der Waals surface area contributed by atoms with Gasteiger partial charge in [-0.25, -0.2) is 0 Å². The van der Waals surface area contributed by atoms with E-state index in [4.69, 9.17) is 14.2 Å². The number of ether oxygens (including phenoxy) is 3. The fourth-order valence-electron chi connectivity index (χ4n) is 4.41. The maximum Gasteiger partial charge on any atom is 0.246 e. The number of nitrogens with one attached hydrogen (secondary N) is 2. The van der Waals surface area contributed by atoms with Crippen molar-refractivity contribution in [2.45, 2.75) is 38.9 Å². The lowest BCUT2D eigenvalue weighted by Crippen LogP contribution is -3.13. The van der Waals surface area contributed by atoms with Crippen molar-refractivity contribution < 1.29 is 23.9 Å². The van der Waals surface area contributed by atoms with E-state index in [0.717, 1.165) is 25.3 Å². The highest BCUT2D eigenvalue weighted by molar-refractivity contribution is 5.77. The van der Waals surface area contributed by atoms with E-state index in [2.05, 4.69) is 55.6 Å². The van der Waals surface area contributed by atoms with Gasteiger partial charge in [0.2, 0.25) is 5.91 Å². The highest BCUT2D eigenvalue weighted by Gasteiger charge is 2.37. The van der Waals surface area contributed by atoms with Crippen LogP contribution in [0.4, 0.5) is 0 Å². The molecule has 0 fully saturated rings. The molecule has 2 N–H and O–H groups in total. The van der Waals surface area contributed by atoms with Crippen LogP contribution in [0, 0.1) is 6.92 Å². The molecule has 1 aliphatic rings. The smallest absolute Gasteiger partial charge is 0.246 e. The summed E-state index contributed by atoms with van der Waals surface area (Å²) in [5, 5.41) is 3.13. The predicted molar refractivity (Wildman–Crippen MR) is 116 cm³/mol. The number of hydrogen-bond donors (Lipinski definition) is 2. The van der Waals surface area contributed by atoms with Crippen molar-refractivity contribution in [3.05, 3.63) is 58.7 Å². The number of amides is 1. The van der Waals surface area contributed by atoms with Crippen LogP contribution >= 0.6 is 0 Å². The number of fused-ring (bicyclic) bond motifs is 1. The topological polar surface area (TPSA) is 61.2 Å². The van der Waals surface area contributed by atoms with Gasteiger partial charge >= 0.3 is 0 Å². The van der Waals surface area contributed by atoms with Crippen LogP contribution in [0.2, 0.25) is 0 Å². The monoisotopic (exact) mass is 413 g/mol. The number of quaternary nitrogens is 1. The van der Waals surface area contributed by atoms with E-state index < -0.39 is 0 Å². The number of aryl methyl sites for hydroxylation is 1. The maximum absolute atomic E-state index is 12.2. The zero-order chi connectivity index (χ0) is 21.7. The average Bonchev–Trinajstić information content (AvgIpc) is 2.74. The van der Waals surface area contributed by atoms with Gasteiger partial charge in [0, 0.05) is 24.7 Å². The molecule has 6 heteroatoms. The molecule has 1 heterocycles. The maximum atomic E-state index is 12.2. The van der Waals surface area contributed by atoms with Gasteiger partial charge in [0.25, 0.3) is 0 Å². The first-order valence-electron chi connectivity index (χ1n) is 10.4. The molecule has 0 saturated carbocycles. The highest BCUT2D eigenvalue weighted by Crippen LogP contribution is 2.35. The molecular formula is C24H33N2O4+. The molecule has 1 aliphatic heterocycles. The third-order valence-corrected chi connectivity index (χ3v) is 5.85. The number of carbonyl (C=O) groups is 1. The lowest BCUT2D eigenvalue weighted by atomic mass is 9.87. The van der Waals surface area contributed by atoms with Crippen LogP contribution in [0.3, 0.4) is 0 Å². The summed E-state index contributed by atoms with van der Waals surface area (Å²) in [4.78, 5) is 13.7. The Balaban J connectivity index is 1.96. The Morgan fingerprint density at radius 1 is 1.13 bits per heavy atom. The van der Waals surface area contributed by atoms with Crippen LogP contribution in [0.25, 0.3) is 0 Å². The Bertz CT molecular complexity index is 866. The number of methoxy groups -OCH3 is 3. The molecule has 3 rings (SSSR count). The summed E-state index contributed by atoms with van der Waals surface area (Å²) < 4.78 is 16.1. The van der Waals surface area contributed by atoms with Crippen molar-refractivity contribution in [1.29, 1.82) is 0 Å². The zero-order valence-corrected chi connectivity index (χ0v) is 18.6. The molecule has 1 amide bonds. The minimum Gasteiger partial charge on any atom is -0.493 e. The van der Waals surface area contributed by atoms with Crippen LogP contribution in [-0.4, -0.2) is 46.4 Å². The van der Waals surface area contributed by atoms with Gasteiger partial charge in [-0.3, -0.25) is 4.79 Å². The van der Waals surface area contributed by atoms with E-state index >= 15 is 0 Å². The quantitative estimate of drug-likeness (QED) is 0.693. The summed E-state index contributed by atoms with van der Waals surface area (Å²) in [5.74, 6) is 1.36. The predicted octanol–water partition coefficient (Wildman–Crippen LogP) is 1.85. The molecule has 30 heavy (non-hydrogen) atoms. The molecule has 2 aromatic rings. The zero-order valence-electron chi connectivity index (χ0n) is 18.6. The summed E-state index contributed by atoms with van der Waals surface area (Å²) in [6.07, 6.45) is 0.951. The van der Waals surface area contributed by atoms with E-state index in [1.165, 1.54) is 34.3 Å². The van der Waals surface area contributed by atoms with Gasteiger partial charge in [-0.1, -0.05) is 29.8 Å². The molecule has 2 aromatic carbocycles. The first-order chi connectivity index (χ1) is 14.5. The van der Waals surface area contributed by atoms with Gasteiger partial charge in [0.15, 0.2) is 11.5 Å². The number of benzene rings is 2. The SMILES string of the molecule is COCC(=O)N[C@H](C)[C@@H]1c2cc(OC)c(OC)cc2CC[NH+]1Cc1ccc(C)cc1. The van der Waals surface area contributed by atoms with Crippen LogP contribution in [0.1, 0.15) is 35.2 Å². The van der Waals surface area contributed by atoms with Crippen molar-refractivity contribution >= 4 is 5.91 Å². The molecule has 0 spiro atoms. The van der Waals surface area contributed by atoms with Crippen LogP contribution in [-0.2, 0) is 22.5 Å². The van der Waals surface area contributed by atoms with Crippen molar-refractivity contribution in [3.63, 3.8) is 0 Å². The lowest BCUT2D eigenvalue weighted by Gasteiger charge is -2.38. The fraction of sp³-hybridized carbons (Fsp3) is 0.458. The lowest BCUT2D eigenvalue weighted by molar-refractivity contribution is -0.948. The van der Waals surface area contributed by atoms with Gasteiger partial charge < -0.3 is 24.4 Å². The van der Waals surface area contributed by atoms with E-state index in [1.807, 2.05) is 0 Å². The second-order valence-corrected chi connectivity index (χ2v) is 7.99. The fourth-order valence-corrected chi connectivity index (χ4v) is 4.41. The Morgan fingerprint density at radius 2 is 1.80 bits per heavy atom. The molecule has 6 nitrogen and oxygen atoms in total. The third kappa shape index (κ3) is 4.94. The summed E-state index contributed by atoms with van der Waals surface area (Å²) >= 11 is 0. The van der Waals surface area contributed by atoms with Gasteiger partial charge in [0.1, 0.15) is 19.2 Å². The van der Waals surface area contributed by atoms with Crippen LogP contribution < -0.4 is 19.7 Å². The Hall–Kier alpha value is -2.57. The Morgan fingerprint density at radius 3 is 2.43 bits per heavy atom. The van der Waals surface area contributed by atoms with Crippen LogP contribution in [0.5, 0.6) is 11.5 Å². The second kappa shape index (κ2) is 9.96. The van der Waals surface area contributed by atoms with Crippen molar-refractivity contribution in [1.82, 2.24) is 5.32 Å². The minimum absolute atomic E-state index is 0.0587. The van der Waals surface area contributed by atoms with Crippen LogP contribution in [0.15, 0.2) is 36.4 Å². The molecular weight excluding hydrogens is 380 g/mol. The van der Waals surface area contributed by atoms with Crippen molar-refractivity contribution in [2.24, 2.45) is 0 Å². The molecule has 0 bridgehead atoms. The van der Waals surface area contributed by atoms with Gasteiger partial charge in [0.05, 0.1) is 26.8 Å². The number of rotatable bonds is 8. The minimum atomic E-state index is -0.104. The van der Waals surface area contributed by atoms with Gasteiger partial charge in [-0.15, -0.1) is 0 Å². The largest absolute Gasteiger partial charge is 0.493 e. The first kappa shape index (κ1) is 22.1. The van der Waals surface area contributed by atoms with Gasteiger partial charge in [-0.05, 0) is 31.5 Å². The first-order valence-corrected chi connectivity index (χ1v) is 10.4. The van der Waals surface area contributed by atoms with E-state index in [1.54, 1.807) is 14.2 Å². The molecule has 162 valence electrons. The standard InChI is InChI=1S/C24H32N2O4/c1-16-6-8-18(9-7-16)14-26-11-10-19-12-21(29-4)22(30-5)13-20(19)24(26)17(2)25-23(27)15-28-3/h6-9,12-13,17,24H,10-11,14-15H2,1-5H3,(H,25,27)/p+1/t17-,24-/m1/s1.